The van der Waals surface area contributed by atoms with Gasteiger partial charge in [0.2, 0.25) is 4.93 Å². The van der Waals surface area contributed by atoms with E-state index in [-0.39, 0.29) is 11.5 Å². The second-order valence-electron chi connectivity index (χ2n) is 8.36. The van der Waals surface area contributed by atoms with Crippen LogP contribution >= 0.6 is 0 Å². The quantitative estimate of drug-likeness (QED) is 0.462. The molecule has 138 valence electrons. The van der Waals surface area contributed by atoms with Crippen molar-refractivity contribution in [3.8, 4) is 0 Å². The summed E-state index contributed by atoms with van der Waals surface area (Å²) in [5, 5.41) is 0. The molecule has 0 saturated carbocycles. The van der Waals surface area contributed by atoms with Gasteiger partial charge in [-0.25, -0.2) is 8.42 Å². The zero-order chi connectivity index (χ0) is 18.1. The molecule has 9 heteroatoms. The van der Waals surface area contributed by atoms with Gasteiger partial charge in [0, 0.05) is 16.0 Å². The molecular weight excluding hydrogens is 364 g/mol. The minimum Gasteiger partial charge on any atom is -0.391 e. The van der Waals surface area contributed by atoms with Crippen molar-refractivity contribution in [1.82, 2.24) is 0 Å². The molecular formula is C14H34O5SSi3. The lowest BCUT2D eigenvalue weighted by atomic mass is 10.2. The molecule has 23 heavy (non-hydrogen) atoms. The summed E-state index contributed by atoms with van der Waals surface area (Å²) < 4.78 is 44.5. The Hall–Kier alpha value is 0.481. The zero-order valence-electron chi connectivity index (χ0n) is 15.9. The molecule has 1 aliphatic heterocycles. The van der Waals surface area contributed by atoms with Crippen LogP contribution in [0.3, 0.4) is 0 Å². The van der Waals surface area contributed by atoms with E-state index < -0.39 is 37.7 Å². The topological polar surface area (TPSA) is 61.8 Å². The average molecular weight is 399 g/mol. The first-order chi connectivity index (χ1) is 10.2. The van der Waals surface area contributed by atoms with Crippen LogP contribution in [0.5, 0.6) is 0 Å². The van der Waals surface area contributed by atoms with Gasteiger partial charge in [-0.1, -0.05) is 6.92 Å². The summed E-state index contributed by atoms with van der Waals surface area (Å²) >= 11 is 0. The highest BCUT2D eigenvalue weighted by Crippen LogP contribution is 2.41. The van der Waals surface area contributed by atoms with E-state index in [2.05, 4.69) is 39.3 Å². The standard InChI is InChI=1S/C14H34O5SSi3/c1-8-12(21)17-14(10-9-11-20(14,15)16)13(18-22(2,3)4)19-23(5,6)7/h12-13H,8-11H2,1-7,21H3. The summed E-state index contributed by atoms with van der Waals surface area (Å²) in [5.41, 5.74) is -0.0131. The van der Waals surface area contributed by atoms with Crippen LogP contribution in [0.1, 0.15) is 26.2 Å². The Labute approximate surface area is 147 Å². The molecule has 0 aromatic carbocycles. The SMILES string of the molecule is CCC([SiH3])OC1(C(O[Si](C)(C)C)O[Si](C)(C)C)CCCS1(=O)=O. The van der Waals surface area contributed by atoms with Gasteiger partial charge in [0.15, 0.2) is 32.8 Å². The van der Waals surface area contributed by atoms with Crippen molar-refractivity contribution in [3.63, 3.8) is 0 Å². The van der Waals surface area contributed by atoms with Crippen molar-refractivity contribution in [2.45, 2.75) is 82.4 Å². The van der Waals surface area contributed by atoms with Gasteiger partial charge in [-0.3, -0.25) is 0 Å². The largest absolute Gasteiger partial charge is 0.391 e. The molecule has 2 atom stereocenters. The highest BCUT2D eigenvalue weighted by Gasteiger charge is 2.58. The Morgan fingerprint density at radius 2 is 1.57 bits per heavy atom. The molecule has 0 aliphatic carbocycles. The Morgan fingerprint density at radius 3 is 1.87 bits per heavy atom. The highest BCUT2D eigenvalue weighted by molar-refractivity contribution is 7.92. The van der Waals surface area contributed by atoms with E-state index in [4.69, 9.17) is 13.6 Å². The monoisotopic (exact) mass is 398 g/mol. The lowest BCUT2D eigenvalue weighted by molar-refractivity contribution is -0.155. The van der Waals surface area contributed by atoms with Gasteiger partial charge >= 0.3 is 0 Å². The lowest BCUT2D eigenvalue weighted by Gasteiger charge is -2.42. The number of hydrogen-bond donors (Lipinski definition) is 0. The first-order valence-electron chi connectivity index (χ1n) is 8.48. The van der Waals surface area contributed by atoms with E-state index in [0.717, 1.165) is 16.7 Å². The third kappa shape index (κ3) is 5.75. The molecule has 0 bridgehead atoms. The van der Waals surface area contributed by atoms with E-state index in [9.17, 15) is 8.42 Å². The van der Waals surface area contributed by atoms with Gasteiger partial charge in [-0.15, -0.1) is 0 Å². The molecule has 0 spiro atoms. The van der Waals surface area contributed by atoms with Crippen LogP contribution in [0.25, 0.3) is 0 Å². The maximum atomic E-state index is 12.9. The van der Waals surface area contributed by atoms with Gasteiger partial charge < -0.3 is 13.6 Å². The van der Waals surface area contributed by atoms with Gasteiger partial charge in [0.05, 0.1) is 5.75 Å². The molecule has 5 nitrogen and oxygen atoms in total. The number of hydrogen-bond acceptors (Lipinski definition) is 5. The van der Waals surface area contributed by atoms with Crippen LogP contribution in [0.2, 0.25) is 39.3 Å². The second kappa shape index (κ2) is 7.38. The van der Waals surface area contributed by atoms with Crippen molar-refractivity contribution in [2.24, 2.45) is 0 Å². The molecule has 1 rings (SSSR count). The third-order valence-electron chi connectivity index (χ3n) is 3.72. The smallest absolute Gasteiger partial charge is 0.217 e. The Kier molecular flexibility index (Phi) is 6.91. The average Bonchev–Trinajstić information content (AvgIpc) is 2.61. The Balaban J connectivity index is 3.32. The number of sulfone groups is 1. The molecule has 1 saturated heterocycles. The lowest BCUT2D eigenvalue weighted by Crippen LogP contribution is -2.58. The van der Waals surface area contributed by atoms with Gasteiger partial charge in [-0.05, 0) is 58.5 Å². The van der Waals surface area contributed by atoms with Crippen LogP contribution in [-0.2, 0) is 23.4 Å². The van der Waals surface area contributed by atoms with Crippen molar-refractivity contribution in [2.75, 3.05) is 5.75 Å². The summed E-state index contributed by atoms with van der Waals surface area (Å²) in [5.74, 6) is 0.158. The van der Waals surface area contributed by atoms with Crippen LogP contribution in [0, 0.1) is 0 Å². The fourth-order valence-electron chi connectivity index (χ4n) is 2.56. The first kappa shape index (κ1) is 21.5. The van der Waals surface area contributed by atoms with E-state index >= 15 is 0 Å². The third-order valence-corrected chi connectivity index (χ3v) is 8.99. The summed E-state index contributed by atoms with van der Waals surface area (Å²) in [4.78, 5) is -1.32. The zero-order valence-corrected chi connectivity index (χ0v) is 20.7. The normalized spacial score (nSPS) is 26.8. The van der Waals surface area contributed by atoms with Crippen LogP contribution in [0.4, 0.5) is 0 Å². The molecule has 0 amide bonds. The molecule has 2 unspecified atom stereocenters. The molecule has 1 fully saturated rings. The summed E-state index contributed by atoms with van der Waals surface area (Å²) in [7, 11) is -6.60. The minimum absolute atomic E-state index is 0.0131. The van der Waals surface area contributed by atoms with Gasteiger partial charge in [0.1, 0.15) is 0 Å². The second-order valence-corrected chi connectivity index (χ2v) is 20.9. The van der Waals surface area contributed by atoms with Crippen molar-refractivity contribution >= 4 is 36.7 Å². The fraction of sp³-hybridized carbons (Fsp3) is 1.00. The van der Waals surface area contributed by atoms with Crippen molar-refractivity contribution in [1.29, 1.82) is 0 Å². The van der Waals surface area contributed by atoms with Crippen LogP contribution in [-0.4, -0.2) is 58.0 Å². The molecule has 1 aliphatic rings. The highest BCUT2D eigenvalue weighted by atomic mass is 32.2. The summed E-state index contributed by atoms with van der Waals surface area (Å²) in [6.45, 7) is 14.4. The van der Waals surface area contributed by atoms with Crippen molar-refractivity contribution < 1.29 is 22.0 Å². The Morgan fingerprint density at radius 1 is 1.09 bits per heavy atom. The van der Waals surface area contributed by atoms with E-state index in [1.165, 1.54) is 0 Å². The van der Waals surface area contributed by atoms with Crippen LogP contribution < -0.4 is 0 Å². The van der Waals surface area contributed by atoms with Crippen molar-refractivity contribution in [3.05, 3.63) is 0 Å². The molecule has 0 N–H and O–H groups in total. The van der Waals surface area contributed by atoms with E-state index in [1.54, 1.807) is 0 Å². The maximum absolute atomic E-state index is 12.9. The van der Waals surface area contributed by atoms with Gasteiger partial charge in [-0.2, -0.15) is 0 Å². The molecule has 0 aromatic heterocycles. The molecule has 1 heterocycles. The Bertz CT molecular complexity index is 482. The fourth-order valence-corrected chi connectivity index (χ4v) is 7.20. The first-order valence-corrected chi connectivity index (χ1v) is 18.1. The predicted octanol–water partition coefficient (Wildman–Crippen LogP) is 2.04. The molecule has 0 radical (unpaired) electrons. The number of rotatable bonds is 8. The van der Waals surface area contributed by atoms with Gasteiger partial charge in [0.25, 0.3) is 0 Å². The van der Waals surface area contributed by atoms with Crippen LogP contribution in [0.15, 0.2) is 0 Å². The predicted molar refractivity (Wildman–Crippen MR) is 104 cm³/mol. The maximum Gasteiger partial charge on any atom is 0.217 e. The number of ether oxygens (including phenoxy) is 1. The summed E-state index contributed by atoms with van der Waals surface area (Å²) in [6, 6.07) is 0. The minimum atomic E-state index is -3.40. The van der Waals surface area contributed by atoms with E-state index in [0.29, 0.717) is 12.8 Å². The molecule has 0 aromatic rings. The van der Waals surface area contributed by atoms with E-state index in [1.807, 2.05) is 6.92 Å². The summed E-state index contributed by atoms with van der Waals surface area (Å²) in [6.07, 6.45) is 1.08.